The summed E-state index contributed by atoms with van der Waals surface area (Å²) in [6.45, 7) is 7.49. The van der Waals surface area contributed by atoms with Gasteiger partial charge in [0.2, 0.25) is 0 Å². The van der Waals surface area contributed by atoms with E-state index in [1.807, 2.05) is 6.07 Å². The van der Waals surface area contributed by atoms with E-state index in [1.165, 1.54) is 6.42 Å². The summed E-state index contributed by atoms with van der Waals surface area (Å²) in [7, 11) is 0. The number of rotatable bonds is 6. The van der Waals surface area contributed by atoms with Gasteiger partial charge in [0.05, 0.1) is 16.6 Å². The lowest BCUT2D eigenvalue weighted by Gasteiger charge is -2.09. The summed E-state index contributed by atoms with van der Waals surface area (Å²) in [5, 5.41) is 9.05. The van der Waals surface area contributed by atoms with E-state index in [0.29, 0.717) is 11.5 Å². The lowest BCUT2D eigenvalue weighted by atomic mass is 10.1. The maximum absolute atomic E-state index is 11.0. The van der Waals surface area contributed by atoms with E-state index in [-0.39, 0.29) is 0 Å². The summed E-state index contributed by atoms with van der Waals surface area (Å²) in [5.41, 5.74) is 2.12. The molecule has 1 heterocycles. The maximum atomic E-state index is 11.0. The molecule has 4 nitrogen and oxygen atoms in total. The number of carboxylic acids is 1. The number of imidazole rings is 1. The van der Waals surface area contributed by atoms with Crippen molar-refractivity contribution in [1.82, 2.24) is 9.55 Å². The number of aryl methyl sites for hydroxylation is 2. The number of aromatic nitrogens is 2. The topological polar surface area (TPSA) is 55.1 Å². The van der Waals surface area contributed by atoms with Crippen molar-refractivity contribution in [3.63, 3.8) is 0 Å². The molecule has 1 aromatic heterocycles. The van der Waals surface area contributed by atoms with Crippen molar-refractivity contribution in [1.29, 1.82) is 0 Å². The molecule has 0 spiro atoms. The lowest BCUT2D eigenvalue weighted by Crippen LogP contribution is -2.04. The Labute approximate surface area is 119 Å². The lowest BCUT2D eigenvalue weighted by molar-refractivity contribution is 0.0697. The first kappa shape index (κ1) is 14.6. The summed E-state index contributed by atoms with van der Waals surface area (Å²) >= 11 is 0. The number of hydrogen-bond donors (Lipinski definition) is 1. The van der Waals surface area contributed by atoms with Crippen LogP contribution in [-0.4, -0.2) is 20.6 Å². The Kier molecular flexibility index (Phi) is 4.42. The molecule has 108 valence electrons. The monoisotopic (exact) mass is 274 g/mol. The fourth-order valence-corrected chi connectivity index (χ4v) is 2.49. The van der Waals surface area contributed by atoms with Crippen LogP contribution in [0.4, 0.5) is 0 Å². The molecule has 0 aliphatic carbocycles. The second kappa shape index (κ2) is 6.07. The second-order valence-corrected chi connectivity index (χ2v) is 5.58. The van der Waals surface area contributed by atoms with Gasteiger partial charge in [-0.2, -0.15) is 0 Å². The van der Waals surface area contributed by atoms with Crippen LogP contribution in [0, 0.1) is 5.92 Å². The van der Waals surface area contributed by atoms with Crippen LogP contribution >= 0.6 is 0 Å². The van der Waals surface area contributed by atoms with Gasteiger partial charge in [-0.05, 0) is 37.0 Å². The number of hydrogen-bond acceptors (Lipinski definition) is 2. The fourth-order valence-electron chi connectivity index (χ4n) is 2.49. The molecule has 20 heavy (non-hydrogen) atoms. The smallest absolute Gasteiger partial charge is 0.335 e. The van der Waals surface area contributed by atoms with Gasteiger partial charge in [-0.3, -0.25) is 0 Å². The van der Waals surface area contributed by atoms with Crippen LogP contribution in [-0.2, 0) is 13.0 Å². The molecule has 0 atom stereocenters. The molecule has 0 aliphatic heterocycles. The molecule has 0 amide bonds. The van der Waals surface area contributed by atoms with E-state index in [0.717, 1.165) is 36.2 Å². The summed E-state index contributed by atoms with van der Waals surface area (Å²) in [4.78, 5) is 15.6. The summed E-state index contributed by atoms with van der Waals surface area (Å²) < 4.78 is 2.23. The minimum Gasteiger partial charge on any atom is -0.478 e. The van der Waals surface area contributed by atoms with Crippen LogP contribution in [0.1, 0.15) is 49.8 Å². The molecule has 2 aromatic rings. The minimum absolute atomic E-state index is 0.298. The van der Waals surface area contributed by atoms with Crippen molar-refractivity contribution in [2.75, 3.05) is 0 Å². The van der Waals surface area contributed by atoms with Crippen LogP contribution in [0.25, 0.3) is 11.0 Å². The zero-order chi connectivity index (χ0) is 14.7. The van der Waals surface area contributed by atoms with Crippen molar-refractivity contribution in [2.24, 2.45) is 5.92 Å². The van der Waals surface area contributed by atoms with Gasteiger partial charge in [0, 0.05) is 13.0 Å². The van der Waals surface area contributed by atoms with Crippen molar-refractivity contribution >= 4 is 17.0 Å². The van der Waals surface area contributed by atoms with Gasteiger partial charge in [-0.15, -0.1) is 0 Å². The molecule has 1 aromatic carbocycles. The first-order chi connectivity index (χ1) is 9.52. The minimum atomic E-state index is -0.903. The van der Waals surface area contributed by atoms with Gasteiger partial charge in [0.15, 0.2) is 0 Å². The Morgan fingerprint density at radius 3 is 2.75 bits per heavy atom. The van der Waals surface area contributed by atoms with Crippen molar-refractivity contribution in [3.8, 4) is 0 Å². The number of fused-ring (bicyclic) bond motifs is 1. The molecule has 0 unspecified atom stereocenters. The quantitative estimate of drug-likeness (QED) is 0.873. The number of aromatic carboxylic acids is 1. The SMILES string of the molecule is CCc1nc2cc(C(=O)O)ccc2n1CCCC(C)C. The van der Waals surface area contributed by atoms with Crippen molar-refractivity contribution in [2.45, 2.75) is 46.6 Å². The molecule has 0 bridgehead atoms. The Bertz CT molecular complexity index is 614. The molecule has 0 saturated carbocycles. The van der Waals surface area contributed by atoms with E-state index in [4.69, 9.17) is 5.11 Å². The fraction of sp³-hybridized carbons (Fsp3) is 0.500. The third kappa shape index (κ3) is 3.00. The molecular formula is C16H22N2O2. The Morgan fingerprint density at radius 1 is 1.40 bits per heavy atom. The number of carboxylic acid groups (broad SMARTS) is 1. The molecular weight excluding hydrogens is 252 g/mol. The highest BCUT2D eigenvalue weighted by atomic mass is 16.4. The molecule has 4 heteroatoms. The van der Waals surface area contributed by atoms with Gasteiger partial charge in [-0.25, -0.2) is 9.78 Å². The average Bonchev–Trinajstić information content (AvgIpc) is 2.75. The number of benzene rings is 1. The molecule has 0 radical (unpaired) electrons. The third-order valence-corrected chi connectivity index (χ3v) is 3.55. The van der Waals surface area contributed by atoms with E-state index < -0.39 is 5.97 Å². The summed E-state index contributed by atoms with van der Waals surface area (Å²) in [5.74, 6) is 0.832. The molecule has 2 rings (SSSR count). The molecule has 0 fully saturated rings. The third-order valence-electron chi connectivity index (χ3n) is 3.55. The van der Waals surface area contributed by atoms with Gasteiger partial charge in [0.1, 0.15) is 5.82 Å². The zero-order valence-corrected chi connectivity index (χ0v) is 12.4. The first-order valence-electron chi connectivity index (χ1n) is 7.25. The summed E-state index contributed by atoms with van der Waals surface area (Å²) in [6, 6.07) is 5.20. The Balaban J connectivity index is 2.34. The van der Waals surface area contributed by atoms with E-state index in [9.17, 15) is 4.79 Å². The van der Waals surface area contributed by atoms with Gasteiger partial charge in [-0.1, -0.05) is 20.8 Å². The maximum Gasteiger partial charge on any atom is 0.335 e. The van der Waals surface area contributed by atoms with Crippen LogP contribution < -0.4 is 0 Å². The zero-order valence-electron chi connectivity index (χ0n) is 12.4. The van der Waals surface area contributed by atoms with Crippen LogP contribution in [0.2, 0.25) is 0 Å². The van der Waals surface area contributed by atoms with Crippen LogP contribution in [0.5, 0.6) is 0 Å². The highest BCUT2D eigenvalue weighted by molar-refractivity contribution is 5.92. The predicted octanol–water partition coefficient (Wildman–Crippen LogP) is 3.73. The predicted molar refractivity (Wildman–Crippen MR) is 80.1 cm³/mol. The van der Waals surface area contributed by atoms with Crippen LogP contribution in [0.15, 0.2) is 18.2 Å². The summed E-state index contributed by atoms with van der Waals surface area (Å²) in [6.07, 6.45) is 3.17. The first-order valence-corrected chi connectivity index (χ1v) is 7.25. The van der Waals surface area contributed by atoms with Crippen molar-refractivity contribution in [3.05, 3.63) is 29.6 Å². The second-order valence-electron chi connectivity index (χ2n) is 5.58. The van der Waals surface area contributed by atoms with E-state index in [1.54, 1.807) is 12.1 Å². The number of carbonyl (C=O) groups is 1. The highest BCUT2D eigenvalue weighted by Crippen LogP contribution is 2.20. The van der Waals surface area contributed by atoms with Crippen molar-refractivity contribution < 1.29 is 9.90 Å². The average molecular weight is 274 g/mol. The van der Waals surface area contributed by atoms with Crippen LogP contribution in [0.3, 0.4) is 0 Å². The van der Waals surface area contributed by atoms with Gasteiger partial charge >= 0.3 is 5.97 Å². The molecule has 1 N–H and O–H groups in total. The van der Waals surface area contributed by atoms with Gasteiger partial charge < -0.3 is 9.67 Å². The van der Waals surface area contributed by atoms with Gasteiger partial charge in [0.25, 0.3) is 0 Å². The molecule has 0 aliphatic rings. The molecule has 0 saturated heterocycles. The number of nitrogens with zero attached hydrogens (tertiary/aromatic N) is 2. The normalized spacial score (nSPS) is 11.4. The highest BCUT2D eigenvalue weighted by Gasteiger charge is 2.12. The largest absolute Gasteiger partial charge is 0.478 e. The van der Waals surface area contributed by atoms with E-state index in [2.05, 4.69) is 30.3 Å². The standard InChI is InChI=1S/C16H22N2O2/c1-4-15-17-13-10-12(16(19)20)7-8-14(13)18(15)9-5-6-11(2)3/h7-8,10-11H,4-6,9H2,1-3H3,(H,19,20). The Morgan fingerprint density at radius 2 is 2.15 bits per heavy atom. The Hall–Kier alpha value is -1.84. The van der Waals surface area contributed by atoms with E-state index >= 15 is 0 Å².